The van der Waals surface area contributed by atoms with E-state index in [-0.39, 0.29) is 30.2 Å². The molecule has 1 saturated heterocycles. The number of benzene rings is 1. The first-order chi connectivity index (χ1) is 17.5. The highest BCUT2D eigenvalue weighted by Crippen LogP contribution is 2.31. The normalized spacial score (nSPS) is 14.3. The van der Waals surface area contributed by atoms with Gasteiger partial charge in [-0.25, -0.2) is 24.2 Å². The van der Waals surface area contributed by atoms with Crippen molar-refractivity contribution >= 4 is 39.6 Å². The molecule has 0 spiro atoms. The van der Waals surface area contributed by atoms with Crippen LogP contribution in [0, 0.1) is 5.82 Å². The van der Waals surface area contributed by atoms with Gasteiger partial charge in [-0.05, 0) is 18.2 Å². The summed E-state index contributed by atoms with van der Waals surface area (Å²) >= 11 is 0. The van der Waals surface area contributed by atoms with Crippen LogP contribution in [0.1, 0.15) is 28.0 Å². The van der Waals surface area contributed by atoms with E-state index >= 15 is 4.39 Å². The number of carbonyl (C=O) groups is 2. The van der Waals surface area contributed by atoms with E-state index in [2.05, 4.69) is 15.1 Å². The Bertz CT molecular complexity index is 1540. The van der Waals surface area contributed by atoms with E-state index in [1.54, 1.807) is 7.05 Å². The smallest absolute Gasteiger partial charge is 0.428 e. The number of anilines is 1. The van der Waals surface area contributed by atoms with Crippen molar-refractivity contribution in [3.05, 3.63) is 59.3 Å². The highest BCUT2D eigenvalue weighted by Gasteiger charge is 2.34. The molecule has 14 heteroatoms. The molecule has 10 nitrogen and oxygen atoms in total. The number of nitrogens with two attached hydrogens (primary N) is 1. The van der Waals surface area contributed by atoms with Crippen molar-refractivity contribution in [2.45, 2.75) is 19.1 Å². The van der Waals surface area contributed by atoms with Crippen LogP contribution in [0.3, 0.4) is 0 Å². The molecule has 3 aromatic heterocycles. The predicted octanol–water partition coefficient (Wildman–Crippen LogP) is 3.66. The minimum Gasteiger partial charge on any atom is -0.448 e. The lowest BCUT2D eigenvalue weighted by Crippen LogP contribution is -2.52. The molecular weight excluding hydrogens is 498 g/mol. The minimum atomic E-state index is -4.60. The summed E-state index contributed by atoms with van der Waals surface area (Å²) in [7, 11) is 1.65. The molecule has 0 aliphatic carbocycles. The van der Waals surface area contributed by atoms with Gasteiger partial charge in [0.25, 0.3) is 5.91 Å². The second-order valence-electron chi connectivity index (χ2n) is 8.37. The Morgan fingerprint density at radius 1 is 1.22 bits per heavy atom. The Morgan fingerprint density at radius 3 is 2.68 bits per heavy atom. The van der Waals surface area contributed by atoms with Crippen molar-refractivity contribution in [1.29, 1.82) is 0 Å². The summed E-state index contributed by atoms with van der Waals surface area (Å²) in [5, 5.41) is 6.94. The number of aryl methyl sites for hydroxylation is 1. The first kappa shape index (κ1) is 24.2. The van der Waals surface area contributed by atoms with Crippen LogP contribution in [0.15, 0.2) is 36.7 Å². The molecule has 0 saturated carbocycles. The van der Waals surface area contributed by atoms with E-state index in [4.69, 9.17) is 10.5 Å². The lowest BCUT2D eigenvalue weighted by atomic mass is 10.1. The molecule has 0 radical (unpaired) electrons. The number of amides is 2. The molecule has 4 aromatic rings. The van der Waals surface area contributed by atoms with Crippen LogP contribution in [0.2, 0.25) is 0 Å². The molecule has 1 aliphatic rings. The second kappa shape index (κ2) is 8.87. The Labute approximate surface area is 206 Å². The van der Waals surface area contributed by atoms with E-state index in [1.165, 1.54) is 16.9 Å². The van der Waals surface area contributed by atoms with Gasteiger partial charge in [-0.1, -0.05) is 0 Å². The van der Waals surface area contributed by atoms with Gasteiger partial charge >= 0.3 is 12.3 Å². The quantitative estimate of drug-likeness (QED) is 0.411. The average Bonchev–Trinajstić information content (AvgIpc) is 3.24. The number of nitrogen functional groups attached to an aromatic ring is 1. The zero-order valence-corrected chi connectivity index (χ0v) is 19.3. The van der Waals surface area contributed by atoms with Crippen LogP contribution in [0.25, 0.3) is 21.8 Å². The largest absolute Gasteiger partial charge is 0.448 e. The van der Waals surface area contributed by atoms with Gasteiger partial charge in [0.15, 0.2) is 0 Å². The highest BCUT2D eigenvalue weighted by molar-refractivity contribution is 6.10. The Morgan fingerprint density at radius 2 is 2.00 bits per heavy atom. The number of hydrogen-bond acceptors (Lipinski definition) is 7. The van der Waals surface area contributed by atoms with Crippen LogP contribution in [-0.2, 0) is 24.5 Å². The maximum Gasteiger partial charge on any atom is 0.428 e. The number of halogens is 4. The number of fused-ring (bicyclic) bond motifs is 3. The number of aromatic nitrogens is 4. The van der Waals surface area contributed by atoms with Crippen LogP contribution >= 0.6 is 0 Å². The number of alkyl halides is 3. The van der Waals surface area contributed by atoms with Gasteiger partial charge in [0, 0.05) is 37.7 Å². The summed E-state index contributed by atoms with van der Waals surface area (Å²) in [5.41, 5.74) is 5.36. The van der Waals surface area contributed by atoms with Crippen LogP contribution in [0.5, 0.6) is 0 Å². The summed E-state index contributed by atoms with van der Waals surface area (Å²) in [5.74, 6) is -1.71. The standard InChI is InChI=1S/C23H19F4N7O3/c1-32-19-15-7-14(17(24)8-18(15)31-20(28)16(19)10-30-32)21(35)34(33-5-2-6-37-22(33)36)11-13-4-3-12(9-29-13)23(25,26)27/h3-4,7-10H,2,5-6,11H2,1H3,(H2,28,31). The summed E-state index contributed by atoms with van der Waals surface area (Å²) in [6.45, 7) is -0.207. The van der Waals surface area contributed by atoms with Crippen molar-refractivity contribution in [3.63, 3.8) is 0 Å². The third-order valence-electron chi connectivity index (χ3n) is 5.97. The molecule has 2 N–H and O–H groups in total. The van der Waals surface area contributed by atoms with Crippen molar-refractivity contribution < 1.29 is 31.9 Å². The SMILES string of the molecule is Cn1ncc2c(N)nc3cc(F)c(C(=O)N(Cc4ccc(C(F)(F)F)cn4)N4CCCOC4=O)cc3c21. The van der Waals surface area contributed by atoms with Gasteiger partial charge in [-0.15, -0.1) is 0 Å². The monoisotopic (exact) mass is 517 g/mol. The number of rotatable bonds is 4. The summed E-state index contributed by atoms with van der Waals surface area (Å²) < 4.78 is 60.6. The van der Waals surface area contributed by atoms with Crippen molar-refractivity contribution in [2.24, 2.45) is 7.05 Å². The van der Waals surface area contributed by atoms with E-state index in [9.17, 15) is 22.8 Å². The average molecular weight is 517 g/mol. The van der Waals surface area contributed by atoms with E-state index in [0.717, 1.165) is 28.2 Å². The fourth-order valence-electron chi connectivity index (χ4n) is 4.15. The van der Waals surface area contributed by atoms with Gasteiger partial charge < -0.3 is 10.5 Å². The van der Waals surface area contributed by atoms with E-state index < -0.39 is 41.7 Å². The fourth-order valence-corrected chi connectivity index (χ4v) is 4.15. The number of pyridine rings is 2. The highest BCUT2D eigenvalue weighted by atomic mass is 19.4. The zero-order chi connectivity index (χ0) is 26.5. The van der Waals surface area contributed by atoms with Gasteiger partial charge in [0.05, 0.1) is 52.6 Å². The second-order valence-corrected chi connectivity index (χ2v) is 8.37. The van der Waals surface area contributed by atoms with Crippen molar-refractivity contribution in [1.82, 2.24) is 29.8 Å². The maximum absolute atomic E-state index is 15.2. The number of hydrogen-bond donors (Lipinski definition) is 1. The Kier molecular flexibility index (Phi) is 5.80. The van der Waals surface area contributed by atoms with Gasteiger partial charge in [-0.3, -0.25) is 14.5 Å². The first-order valence-corrected chi connectivity index (χ1v) is 11.0. The molecule has 5 rings (SSSR count). The van der Waals surface area contributed by atoms with Gasteiger partial charge in [0.1, 0.15) is 11.6 Å². The molecular formula is C23H19F4N7O3. The minimum absolute atomic E-state index is 0.0457. The number of ether oxygens (including phenoxy) is 1. The van der Waals surface area contributed by atoms with Crippen molar-refractivity contribution in [3.8, 4) is 0 Å². The van der Waals surface area contributed by atoms with Crippen LogP contribution in [0.4, 0.5) is 28.2 Å². The van der Waals surface area contributed by atoms with Crippen molar-refractivity contribution in [2.75, 3.05) is 18.9 Å². The number of nitrogens with zero attached hydrogens (tertiary/aromatic N) is 6. The van der Waals surface area contributed by atoms with Crippen LogP contribution in [-0.4, -0.2) is 54.9 Å². The lowest BCUT2D eigenvalue weighted by molar-refractivity contribution is -0.137. The molecule has 0 bridgehead atoms. The summed E-state index contributed by atoms with van der Waals surface area (Å²) in [6.07, 6.45) is -2.95. The molecule has 192 valence electrons. The molecule has 1 aliphatic heterocycles. The molecule has 0 atom stereocenters. The summed E-state index contributed by atoms with van der Waals surface area (Å²) in [6, 6.07) is 4.23. The topological polar surface area (TPSA) is 119 Å². The number of hydrazine groups is 1. The first-order valence-electron chi connectivity index (χ1n) is 11.0. The van der Waals surface area contributed by atoms with Crippen LogP contribution < -0.4 is 5.73 Å². The van der Waals surface area contributed by atoms with Gasteiger partial charge in [0.2, 0.25) is 0 Å². The zero-order valence-electron chi connectivity index (χ0n) is 19.3. The number of carbonyl (C=O) groups excluding carboxylic acids is 2. The molecule has 0 unspecified atom stereocenters. The fraction of sp³-hybridized carbons (Fsp3) is 0.261. The third-order valence-corrected chi connectivity index (χ3v) is 5.97. The third kappa shape index (κ3) is 4.34. The molecule has 4 heterocycles. The molecule has 2 amide bonds. The molecule has 1 aromatic carbocycles. The predicted molar refractivity (Wildman–Crippen MR) is 122 cm³/mol. The molecule has 37 heavy (non-hydrogen) atoms. The Balaban J connectivity index is 1.59. The lowest BCUT2D eigenvalue weighted by Gasteiger charge is -2.36. The summed E-state index contributed by atoms with van der Waals surface area (Å²) in [4.78, 5) is 34.1. The molecule has 1 fully saturated rings. The van der Waals surface area contributed by atoms with E-state index in [1.807, 2.05) is 0 Å². The number of cyclic esters (lactones) is 1. The van der Waals surface area contributed by atoms with Gasteiger partial charge in [-0.2, -0.15) is 18.3 Å². The van der Waals surface area contributed by atoms with E-state index in [0.29, 0.717) is 28.9 Å². The maximum atomic E-state index is 15.2. The Hall–Kier alpha value is -4.49.